The number of hydrogen-bond donors (Lipinski definition) is 1. The number of halogens is 1. The monoisotopic (exact) mass is 447 g/mol. The van der Waals surface area contributed by atoms with Crippen molar-refractivity contribution in [2.24, 2.45) is 11.8 Å². The molecule has 0 saturated carbocycles. The maximum absolute atomic E-state index is 12.8. The van der Waals surface area contributed by atoms with Gasteiger partial charge in [0.15, 0.2) is 0 Å². The van der Waals surface area contributed by atoms with E-state index in [1.807, 2.05) is 37.3 Å². The molecular formula is C24H34ClN3O3. The average molecular weight is 448 g/mol. The van der Waals surface area contributed by atoms with Gasteiger partial charge < -0.3 is 19.4 Å². The van der Waals surface area contributed by atoms with Crippen molar-refractivity contribution in [3.63, 3.8) is 0 Å². The Labute approximate surface area is 191 Å². The normalized spacial score (nSPS) is 22.8. The number of carbonyl (C=O) groups is 1. The van der Waals surface area contributed by atoms with Crippen LogP contribution in [0.2, 0.25) is 0 Å². The number of furan rings is 1. The molecule has 2 aliphatic heterocycles. The lowest BCUT2D eigenvalue weighted by Crippen LogP contribution is -2.41. The topological polar surface area (TPSA) is 58.0 Å². The minimum Gasteiger partial charge on any atom is -0.497 e. The molecule has 2 unspecified atom stereocenters. The average Bonchev–Trinajstić information content (AvgIpc) is 3.34. The van der Waals surface area contributed by atoms with Crippen LogP contribution in [0.1, 0.15) is 30.8 Å². The SMILES string of the molecule is COc1ccc(NC(=O)C2CC(C3CCN(Cc4ccc(C)o4)CC3)N(C)C2)cc1.Cl. The fourth-order valence-corrected chi connectivity index (χ4v) is 4.98. The molecule has 2 aromatic rings. The van der Waals surface area contributed by atoms with Crippen LogP contribution in [0.4, 0.5) is 5.69 Å². The summed E-state index contributed by atoms with van der Waals surface area (Å²) >= 11 is 0. The number of carbonyl (C=O) groups excluding carboxylic acids is 1. The number of anilines is 1. The molecule has 0 radical (unpaired) electrons. The number of hydrogen-bond acceptors (Lipinski definition) is 5. The summed E-state index contributed by atoms with van der Waals surface area (Å²) in [5.74, 6) is 3.66. The van der Waals surface area contributed by atoms with Gasteiger partial charge in [0.1, 0.15) is 17.3 Å². The molecule has 0 aliphatic carbocycles. The lowest BCUT2D eigenvalue weighted by Gasteiger charge is -2.36. The number of benzene rings is 1. The number of nitrogens with one attached hydrogen (secondary N) is 1. The van der Waals surface area contributed by atoms with Gasteiger partial charge in [-0.25, -0.2) is 0 Å². The first-order chi connectivity index (χ1) is 14.5. The Morgan fingerprint density at radius 1 is 1.16 bits per heavy atom. The van der Waals surface area contributed by atoms with Crippen molar-refractivity contribution in [2.75, 3.05) is 39.1 Å². The van der Waals surface area contributed by atoms with Crippen molar-refractivity contribution in [3.8, 4) is 5.75 Å². The van der Waals surface area contributed by atoms with Crippen LogP contribution in [0.5, 0.6) is 5.75 Å². The van der Waals surface area contributed by atoms with Crippen LogP contribution in [-0.4, -0.2) is 55.5 Å². The minimum atomic E-state index is 0. The molecule has 7 heteroatoms. The van der Waals surface area contributed by atoms with Gasteiger partial charge in [0.2, 0.25) is 5.91 Å². The second-order valence-electron chi connectivity index (χ2n) is 8.78. The van der Waals surface area contributed by atoms with E-state index in [2.05, 4.69) is 28.2 Å². The van der Waals surface area contributed by atoms with E-state index in [-0.39, 0.29) is 24.2 Å². The Morgan fingerprint density at radius 3 is 2.48 bits per heavy atom. The predicted molar refractivity (Wildman–Crippen MR) is 125 cm³/mol. The van der Waals surface area contributed by atoms with E-state index in [1.165, 1.54) is 12.8 Å². The molecule has 2 atom stereocenters. The molecule has 2 aliphatic rings. The molecule has 1 amide bonds. The number of ether oxygens (including phenoxy) is 1. The second-order valence-corrected chi connectivity index (χ2v) is 8.78. The Kier molecular flexibility index (Phi) is 8.03. The first-order valence-electron chi connectivity index (χ1n) is 10.9. The highest BCUT2D eigenvalue weighted by Gasteiger charge is 2.39. The predicted octanol–water partition coefficient (Wildman–Crippen LogP) is 4.19. The van der Waals surface area contributed by atoms with Gasteiger partial charge in [-0.1, -0.05) is 0 Å². The van der Waals surface area contributed by atoms with Crippen molar-refractivity contribution >= 4 is 24.0 Å². The molecule has 0 bridgehead atoms. The molecule has 1 aromatic carbocycles. The summed E-state index contributed by atoms with van der Waals surface area (Å²) in [5.41, 5.74) is 0.827. The smallest absolute Gasteiger partial charge is 0.228 e. The minimum absolute atomic E-state index is 0. The first-order valence-corrected chi connectivity index (χ1v) is 10.9. The molecule has 31 heavy (non-hydrogen) atoms. The highest BCUT2D eigenvalue weighted by molar-refractivity contribution is 5.93. The standard InChI is InChI=1S/C24H33N3O3.ClH/c1-17-4-7-22(30-17)16-27-12-10-18(11-13-27)23-14-19(15-26(23)2)24(28)25-20-5-8-21(29-3)9-6-20;/h4-9,18-19,23H,10-16H2,1-3H3,(H,25,28);1H. The van der Waals surface area contributed by atoms with Gasteiger partial charge in [0.25, 0.3) is 0 Å². The van der Waals surface area contributed by atoms with Crippen LogP contribution in [0.15, 0.2) is 40.8 Å². The van der Waals surface area contributed by atoms with Crippen LogP contribution < -0.4 is 10.1 Å². The zero-order valence-corrected chi connectivity index (χ0v) is 19.5. The van der Waals surface area contributed by atoms with Gasteiger partial charge in [-0.15, -0.1) is 12.4 Å². The second kappa shape index (κ2) is 10.5. The Bertz CT molecular complexity index is 846. The van der Waals surface area contributed by atoms with Crippen LogP contribution in [0.3, 0.4) is 0 Å². The van der Waals surface area contributed by atoms with E-state index in [0.29, 0.717) is 12.0 Å². The maximum atomic E-state index is 12.8. The van der Waals surface area contributed by atoms with Crippen molar-refractivity contribution in [3.05, 3.63) is 47.9 Å². The number of methoxy groups -OCH3 is 1. The molecule has 2 saturated heterocycles. The zero-order valence-electron chi connectivity index (χ0n) is 18.7. The third-order valence-corrected chi connectivity index (χ3v) is 6.68. The fraction of sp³-hybridized carbons (Fsp3) is 0.542. The number of nitrogens with zero attached hydrogens (tertiary/aromatic N) is 2. The number of piperidine rings is 1. The summed E-state index contributed by atoms with van der Waals surface area (Å²) in [6.45, 7) is 5.91. The third-order valence-electron chi connectivity index (χ3n) is 6.68. The molecule has 0 spiro atoms. The zero-order chi connectivity index (χ0) is 21.1. The first kappa shape index (κ1) is 23.6. The summed E-state index contributed by atoms with van der Waals surface area (Å²) < 4.78 is 10.9. The lowest BCUT2D eigenvalue weighted by molar-refractivity contribution is -0.119. The molecule has 2 fully saturated rings. The highest BCUT2D eigenvalue weighted by atomic mass is 35.5. The fourth-order valence-electron chi connectivity index (χ4n) is 4.98. The molecule has 6 nitrogen and oxygen atoms in total. The van der Waals surface area contributed by atoms with Gasteiger partial charge in [-0.3, -0.25) is 9.69 Å². The van der Waals surface area contributed by atoms with Gasteiger partial charge in [-0.2, -0.15) is 0 Å². The third kappa shape index (κ3) is 5.82. The number of rotatable bonds is 6. The maximum Gasteiger partial charge on any atom is 0.228 e. The van der Waals surface area contributed by atoms with Crippen LogP contribution in [0.25, 0.3) is 0 Å². The van der Waals surface area contributed by atoms with E-state index in [9.17, 15) is 4.79 Å². The van der Waals surface area contributed by atoms with Crippen LogP contribution >= 0.6 is 12.4 Å². The molecule has 3 heterocycles. The number of aryl methyl sites for hydroxylation is 1. The van der Waals surface area contributed by atoms with Crippen molar-refractivity contribution in [1.29, 1.82) is 0 Å². The van der Waals surface area contributed by atoms with E-state index < -0.39 is 0 Å². The summed E-state index contributed by atoms with van der Waals surface area (Å²) in [7, 11) is 3.81. The Morgan fingerprint density at radius 2 is 1.87 bits per heavy atom. The lowest BCUT2D eigenvalue weighted by atomic mass is 9.86. The summed E-state index contributed by atoms with van der Waals surface area (Å²) in [6.07, 6.45) is 3.31. The molecular weight excluding hydrogens is 414 g/mol. The number of likely N-dealkylation sites (tertiary alicyclic amines) is 2. The highest BCUT2D eigenvalue weighted by Crippen LogP contribution is 2.34. The molecule has 4 rings (SSSR count). The van der Waals surface area contributed by atoms with E-state index in [0.717, 1.165) is 55.6 Å². The van der Waals surface area contributed by atoms with Gasteiger partial charge in [0.05, 0.1) is 19.6 Å². The van der Waals surface area contributed by atoms with Crippen molar-refractivity contribution in [2.45, 2.75) is 38.8 Å². The van der Waals surface area contributed by atoms with Crippen LogP contribution in [0, 0.1) is 18.8 Å². The van der Waals surface area contributed by atoms with Gasteiger partial charge in [0, 0.05) is 18.3 Å². The molecule has 170 valence electrons. The largest absolute Gasteiger partial charge is 0.497 e. The quantitative estimate of drug-likeness (QED) is 0.719. The van der Waals surface area contributed by atoms with Crippen molar-refractivity contribution in [1.82, 2.24) is 9.80 Å². The van der Waals surface area contributed by atoms with Crippen LogP contribution in [-0.2, 0) is 11.3 Å². The Balaban J connectivity index is 0.00000272. The van der Waals surface area contributed by atoms with Gasteiger partial charge in [-0.05, 0) is 88.6 Å². The molecule has 1 N–H and O–H groups in total. The van der Waals surface area contributed by atoms with Gasteiger partial charge >= 0.3 is 0 Å². The summed E-state index contributed by atoms with van der Waals surface area (Å²) in [6, 6.07) is 12.1. The van der Waals surface area contributed by atoms with E-state index in [1.54, 1.807) is 7.11 Å². The van der Waals surface area contributed by atoms with E-state index in [4.69, 9.17) is 9.15 Å². The summed E-state index contributed by atoms with van der Waals surface area (Å²) in [5, 5.41) is 3.08. The summed E-state index contributed by atoms with van der Waals surface area (Å²) in [4.78, 5) is 17.7. The van der Waals surface area contributed by atoms with Crippen molar-refractivity contribution < 1.29 is 13.9 Å². The Hall–Kier alpha value is -2.02. The van der Waals surface area contributed by atoms with E-state index >= 15 is 0 Å². The molecule has 1 aromatic heterocycles. The number of amides is 1.